The zero-order valence-corrected chi connectivity index (χ0v) is 12.0. The van der Waals surface area contributed by atoms with Crippen LogP contribution < -0.4 is 10.6 Å². The zero-order chi connectivity index (χ0) is 13.7. The molecule has 0 aliphatic heterocycles. The first-order valence-electron chi connectivity index (χ1n) is 7.28. The number of nitrogens with one attached hydrogen (secondary N) is 2. The van der Waals surface area contributed by atoms with Crippen LogP contribution in [0.25, 0.3) is 0 Å². The maximum atomic E-state index is 11.6. The van der Waals surface area contributed by atoms with Gasteiger partial charge in [0.15, 0.2) is 0 Å². The second-order valence-electron chi connectivity index (χ2n) is 5.87. The molecule has 0 spiro atoms. The number of hydrogen-bond acceptors (Lipinski definition) is 2. The number of aromatic nitrogens is 1. The van der Waals surface area contributed by atoms with Crippen LogP contribution in [0.5, 0.6) is 0 Å². The van der Waals surface area contributed by atoms with E-state index in [9.17, 15) is 4.79 Å². The summed E-state index contributed by atoms with van der Waals surface area (Å²) >= 11 is 0. The van der Waals surface area contributed by atoms with Gasteiger partial charge in [-0.1, -0.05) is 13.8 Å². The predicted molar refractivity (Wildman–Crippen MR) is 76.8 cm³/mol. The van der Waals surface area contributed by atoms with E-state index in [-0.39, 0.29) is 5.91 Å². The van der Waals surface area contributed by atoms with Gasteiger partial charge in [0.2, 0.25) is 5.91 Å². The molecule has 0 radical (unpaired) electrons. The summed E-state index contributed by atoms with van der Waals surface area (Å²) in [6.07, 6.45) is 7.06. The van der Waals surface area contributed by atoms with Crippen molar-refractivity contribution in [2.24, 2.45) is 5.92 Å². The zero-order valence-electron chi connectivity index (χ0n) is 12.0. The maximum Gasteiger partial charge on any atom is 0.222 e. The summed E-state index contributed by atoms with van der Waals surface area (Å²) in [6, 6.07) is 2.58. The molecule has 4 heteroatoms. The van der Waals surface area contributed by atoms with Crippen molar-refractivity contribution in [3.8, 4) is 0 Å². The van der Waals surface area contributed by atoms with Crippen LogP contribution in [0.3, 0.4) is 0 Å². The van der Waals surface area contributed by atoms with Crippen molar-refractivity contribution in [3.63, 3.8) is 0 Å². The standard InChI is InChI=1S/C15H25N3O/c1-12(2)9-16-10-13-5-7-18(11-13)8-6-15(19)17-14-3-4-14/h5,7,11-12,14,16H,3-4,6,8-10H2,1-2H3,(H,17,19). The van der Waals surface area contributed by atoms with Gasteiger partial charge in [0.25, 0.3) is 0 Å². The molecule has 2 rings (SSSR count). The third-order valence-electron chi connectivity index (χ3n) is 3.23. The first-order valence-corrected chi connectivity index (χ1v) is 7.28. The second kappa shape index (κ2) is 6.75. The second-order valence-corrected chi connectivity index (χ2v) is 5.87. The van der Waals surface area contributed by atoms with Gasteiger partial charge in [0.05, 0.1) is 0 Å². The van der Waals surface area contributed by atoms with Crippen molar-refractivity contribution in [3.05, 3.63) is 24.0 Å². The molecule has 106 valence electrons. The Bertz CT molecular complexity index is 407. The molecule has 4 nitrogen and oxygen atoms in total. The summed E-state index contributed by atoms with van der Waals surface area (Å²) in [7, 11) is 0. The van der Waals surface area contributed by atoms with Crippen LogP contribution in [0, 0.1) is 5.92 Å². The number of carbonyl (C=O) groups is 1. The first kappa shape index (κ1) is 14.1. The van der Waals surface area contributed by atoms with Gasteiger partial charge in [-0.3, -0.25) is 4.79 Å². The Morgan fingerprint density at radius 2 is 2.26 bits per heavy atom. The van der Waals surface area contributed by atoms with Crippen molar-refractivity contribution in [2.45, 2.75) is 52.2 Å². The molecule has 0 bridgehead atoms. The third-order valence-corrected chi connectivity index (χ3v) is 3.23. The van der Waals surface area contributed by atoms with Crippen molar-refractivity contribution in [2.75, 3.05) is 6.54 Å². The molecule has 0 unspecified atom stereocenters. The van der Waals surface area contributed by atoms with E-state index in [1.54, 1.807) is 0 Å². The number of nitrogens with zero attached hydrogens (tertiary/aromatic N) is 1. The summed E-state index contributed by atoms with van der Waals surface area (Å²) in [5.74, 6) is 0.851. The Morgan fingerprint density at radius 3 is 2.95 bits per heavy atom. The molecule has 1 amide bonds. The van der Waals surface area contributed by atoms with Crippen LogP contribution >= 0.6 is 0 Å². The van der Waals surface area contributed by atoms with Crippen molar-refractivity contribution in [1.29, 1.82) is 0 Å². The highest BCUT2D eigenvalue weighted by Crippen LogP contribution is 2.18. The summed E-state index contributed by atoms with van der Waals surface area (Å²) in [6.45, 7) is 7.12. The number of carbonyl (C=O) groups excluding carboxylic acids is 1. The fourth-order valence-electron chi connectivity index (χ4n) is 2.00. The largest absolute Gasteiger partial charge is 0.353 e. The van der Waals surface area contributed by atoms with Gasteiger partial charge < -0.3 is 15.2 Å². The number of amides is 1. The van der Waals surface area contributed by atoms with E-state index < -0.39 is 0 Å². The molecule has 2 N–H and O–H groups in total. The van der Waals surface area contributed by atoms with Gasteiger partial charge in [-0.05, 0) is 36.9 Å². The maximum absolute atomic E-state index is 11.6. The van der Waals surface area contributed by atoms with Gasteiger partial charge in [-0.25, -0.2) is 0 Å². The van der Waals surface area contributed by atoms with E-state index in [1.807, 2.05) is 0 Å². The molecule has 1 aromatic heterocycles. The van der Waals surface area contributed by atoms with E-state index in [4.69, 9.17) is 0 Å². The molecule has 1 saturated carbocycles. The summed E-state index contributed by atoms with van der Waals surface area (Å²) in [5, 5.41) is 6.43. The normalized spacial score (nSPS) is 14.9. The predicted octanol–water partition coefficient (Wildman–Crippen LogP) is 1.90. The van der Waals surface area contributed by atoms with Gasteiger partial charge in [-0.2, -0.15) is 0 Å². The molecule has 1 aliphatic rings. The van der Waals surface area contributed by atoms with E-state index in [0.29, 0.717) is 18.4 Å². The fraction of sp³-hybridized carbons (Fsp3) is 0.667. The molecule has 0 atom stereocenters. The van der Waals surface area contributed by atoms with Crippen LogP contribution in [0.1, 0.15) is 38.7 Å². The first-order chi connectivity index (χ1) is 9.13. The quantitative estimate of drug-likeness (QED) is 0.752. The van der Waals surface area contributed by atoms with Crippen molar-refractivity contribution < 1.29 is 4.79 Å². The highest BCUT2D eigenvalue weighted by atomic mass is 16.1. The molecule has 0 aromatic carbocycles. The lowest BCUT2D eigenvalue weighted by atomic mass is 10.2. The Balaban J connectivity index is 1.66. The van der Waals surface area contributed by atoms with Gasteiger partial charge >= 0.3 is 0 Å². The SMILES string of the molecule is CC(C)CNCc1ccn(CCC(=O)NC2CC2)c1. The molecule has 1 aliphatic carbocycles. The minimum atomic E-state index is 0.177. The van der Waals surface area contributed by atoms with E-state index >= 15 is 0 Å². The van der Waals surface area contributed by atoms with Crippen molar-refractivity contribution >= 4 is 5.91 Å². The summed E-state index contributed by atoms with van der Waals surface area (Å²) < 4.78 is 2.10. The van der Waals surface area contributed by atoms with Crippen LogP contribution in [-0.2, 0) is 17.9 Å². The minimum absolute atomic E-state index is 0.177. The van der Waals surface area contributed by atoms with E-state index in [1.165, 1.54) is 5.56 Å². The van der Waals surface area contributed by atoms with Crippen molar-refractivity contribution in [1.82, 2.24) is 15.2 Å². The lowest BCUT2D eigenvalue weighted by molar-refractivity contribution is -0.121. The molecule has 1 heterocycles. The average molecular weight is 263 g/mol. The third kappa shape index (κ3) is 5.47. The fourth-order valence-corrected chi connectivity index (χ4v) is 2.00. The summed E-state index contributed by atoms with van der Waals surface area (Å²) in [4.78, 5) is 11.6. The lowest BCUT2D eigenvalue weighted by Gasteiger charge is -2.06. The molecule has 19 heavy (non-hydrogen) atoms. The molecule has 0 saturated heterocycles. The number of rotatable bonds is 8. The molecule has 1 aromatic rings. The van der Waals surface area contributed by atoms with Crippen LogP contribution in [-0.4, -0.2) is 23.1 Å². The van der Waals surface area contributed by atoms with E-state index in [0.717, 1.165) is 32.5 Å². The molecule has 1 fully saturated rings. The highest BCUT2D eigenvalue weighted by Gasteiger charge is 2.22. The lowest BCUT2D eigenvalue weighted by Crippen LogP contribution is -2.26. The summed E-state index contributed by atoms with van der Waals surface area (Å²) in [5.41, 5.74) is 1.28. The van der Waals surface area contributed by atoms with Crippen LogP contribution in [0.15, 0.2) is 18.5 Å². The molecular weight excluding hydrogens is 238 g/mol. The highest BCUT2D eigenvalue weighted by molar-refractivity contribution is 5.76. The topological polar surface area (TPSA) is 46.1 Å². The molecular formula is C15H25N3O. The van der Waals surface area contributed by atoms with Gasteiger partial charge in [0, 0.05) is 37.9 Å². The van der Waals surface area contributed by atoms with Gasteiger partial charge in [-0.15, -0.1) is 0 Å². The Labute approximate surface area is 115 Å². The number of hydrogen-bond donors (Lipinski definition) is 2. The average Bonchev–Trinajstić information content (AvgIpc) is 3.04. The Morgan fingerprint density at radius 1 is 1.47 bits per heavy atom. The number of aryl methyl sites for hydroxylation is 1. The monoisotopic (exact) mass is 263 g/mol. The van der Waals surface area contributed by atoms with Crippen LogP contribution in [0.2, 0.25) is 0 Å². The smallest absolute Gasteiger partial charge is 0.222 e. The Hall–Kier alpha value is -1.29. The van der Waals surface area contributed by atoms with Gasteiger partial charge in [0.1, 0.15) is 0 Å². The van der Waals surface area contributed by atoms with E-state index in [2.05, 4.69) is 47.5 Å². The minimum Gasteiger partial charge on any atom is -0.353 e. The van der Waals surface area contributed by atoms with Crippen LogP contribution in [0.4, 0.5) is 0 Å². The Kier molecular flexibility index (Phi) is 5.02.